The summed E-state index contributed by atoms with van der Waals surface area (Å²) in [4.78, 5) is 16.4. The lowest BCUT2D eigenvalue weighted by molar-refractivity contribution is 0.0946. The molecule has 1 N–H and O–H groups in total. The van der Waals surface area contributed by atoms with Crippen LogP contribution < -0.4 is 14.8 Å². The van der Waals surface area contributed by atoms with Gasteiger partial charge < -0.3 is 19.3 Å². The first-order valence-corrected chi connectivity index (χ1v) is 8.07. The van der Waals surface area contributed by atoms with E-state index in [1.165, 1.54) is 0 Å². The molecule has 0 saturated carbocycles. The number of rotatable bonds is 6. The largest absolute Gasteiger partial charge is 0.497 e. The van der Waals surface area contributed by atoms with Crippen LogP contribution >= 0.6 is 11.6 Å². The summed E-state index contributed by atoms with van der Waals surface area (Å²) >= 11 is 5.89. The van der Waals surface area contributed by atoms with E-state index in [1.807, 2.05) is 0 Å². The number of amides is 1. The number of methoxy groups -OCH3 is 2. The van der Waals surface area contributed by atoms with Crippen molar-refractivity contribution < 1.29 is 18.8 Å². The number of carbonyl (C=O) groups excluding carboxylic acids is 1. The molecule has 8 heteroatoms. The SMILES string of the molecule is COc1ccc(-c2noc(CNC(=O)c3cccc(Cl)c3)n2)c(OC)c1. The number of hydrogen-bond acceptors (Lipinski definition) is 6. The van der Waals surface area contributed by atoms with Gasteiger partial charge in [-0.25, -0.2) is 0 Å². The van der Waals surface area contributed by atoms with Crippen molar-refractivity contribution in [3.05, 3.63) is 58.9 Å². The fourth-order valence-corrected chi connectivity index (χ4v) is 2.50. The first-order valence-electron chi connectivity index (χ1n) is 7.69. The highest BCUT2D eigenvalue weighted by Gasteiger charge is 2.15. The van der Waals surface area contributed by atoms with Crippen molar-refractivity contribution in [1.29, 1.82) is 0 Å². The van der Waals surface area contributed by atoms with Crippen molar-refractivity contribution in [1.82, 2.24) is 15.5 Å². The summed E-state index contributed by atoms with van der Waals surface area (Å²) in [5, 5.41) is 7.14. The average molecular weight is 374 g/mol. The van der Waals surface area contributed by atoms with Crippen LogP contribution in [0.2, 0.25) is 5.02 Å². The number of aromatic nitrogens is 2. The maximum absolute atomic E-state index is 12.1. The molecule has 26 heavy (non-hydrogen) atoms. The summed E-state index contributed by atoms with van der Waals surface area (Å²) in [5.41, 5.74) is 1.11. The van der Waals surface area contributed by atoms with E-state index < -0.39 is 0 Å². The third kappa shape index (κ3) is 3.94. The average Bonchev–Trinajstić information content (AvgIpc) is 3.14. The number of ether oxygens (including phenoxy) is 2. The molecule has 0 saturated heterocycles. The van der Waals surface area contributed by atoms with Gasteiger partial charge in [-0.2, -0.15) is 4.98 Å². The van der Waals surface area contributed by atoms with E-state index in [-0.39, 0.29) is 18.3 Å². The molecule has 2 aromatic carbocycles. The molecule has 0 unspecified atom stereocenters. The Balaban J connectivity index is 1.71. The zero-order valence-corrected chi connectivity index (χ0v) is 14.9. The molecule has 1 aromatic heterocycles. The third-order valence-electron chi connectivity index (χ3n) is 3.60. The Morgan fingerprint density at radius 3 is 2.77 bits per heavy atom. The third-order valence-corrected chi connectivity index (χ3v) is 3.84. The van der Waals surface area contributed by atoms with Crippen LogP contribution in [0.1, 0.15) is 16.2 Å². The number of carbonyl (C=O) groups is 1. The maximum atomic E-state index is 12.1. The summed E-state index contributed by atoms with van der Waals surface area (Å²) in [6.45, 7) is 0.0941. The Labute approximate surface area is 154 Å². The van der Waals surface area contributed by atoms with Crippen molar-refractivity contribution in [2.45, 2.75) is 6.54 Å². The Kier molecular flexibility index (Phi) is 5.38. The van der Waals surface area contributed by atoms with E-state index in [0.29, 0.717) is 33.5 Å². The normalized spacial score (nSPS) is 10.4. The highest BCUT2D eigenvalue weighted by molar-refractivity contribution is 6.30. The highest BCUT2D eigenvalue weighted by Crippen LogP contribution is 2.31. The molecule has 0 fully saturated rings. The molecule has 0 aliphatic carbocycles. The topological polar surface area (TPSA) is 86.5 Å². The monoisotopic (exact) mass is 373 g/mol. The lowest BCUT2D eigenvalue weighted by Crippen LogP contribution is -2.22. The second-order valence-electron chi connectivity index (χ2n) is 5.27. The van der Waals surface area contributed by atoms with Gasteiger partial charge in [-0.1, -0.05) is 22.8 Å². The summed E-state index contributed by atoms with van der Waals surface area (Å²) in [6, 6.07) is 11.9. The van der Waals surface area contributed by atoms with Crippen LogP contribution in [0.15, 0.2) is 47.0 Å². The summed E-state index contributed by atoms with van der Waals surface area (Å²) < 4.78 is 15.7. The van der Waals surface area contributed by atoms with E-state index >= 15 is 0 Å². The molecule has 1 heterocycles. The maximum Gasteiger partial charge on any atom is 0.251 e. The van der Waals surface area contributed by atoms with Crippen LogP contribution in [0.4, 0.5) is 0 Å². The Morgan fingerprint density at radius 2 is 2.04 bits per heavy atom. The van der Waals surface area contributed by atoms with Crippen LogP contribution in [0.25, 0.3) is 11.4 Å². The quantitative estimate of drug-likeness (QED) is 0.713. The molecule has 0 spiro atoms. The standard InChI is InChI=1S/C18H16ClN3O4/c1-24-13-6-7-14(15(9-13)25-2)17-21-16(26-22-17)10-20-18(23)11-4-3-5-12(19)8-11/h3-9H,10H2,1-2H3,(H,20,23). The van der Waals surface area contributed by atoms with Gasteiger partial charge in [-0.3, -0.25) is 4.79 Å². The minimum Gasteiger partial charge on any atom is -0.497 e. The highest BCUT2D eigenvalue weighted by atomic mass is 35.5. The van der Waals surface area contributed by atoms with Crippen molar-refractivity contribution in [3.63, 3.8) is 0 Å². The zero-order chi connectivity index (χ0) is 18.5. The van der Waals surface area contributed by atoms with Gasteiger partial charge in [0.15, 0.2) is 0 Å². The first kappa shape index (κ1) is 17.8. The second kappa shape index (κ2) is 7.88. The van der Waals surface area contributed by atoms with E-state index in [1.54, 1.807) is 56.7 Å². The van der Waals surface area contributed by atoms with Gasteiger partial charge in [0.25, 0.3) is 5.91 Å². The van der Waals surface area contributed by atoms with Crippen molar-refractivity contribution in [2.24, 2.45) is 0 Å². The van der Waals surface area contributed by atoms with E-state index in [9.17, 15) is 4.79 Å². The zero-order valence-electron chi connectivity index (χ0n) is 14.2. The molecule has 3 aromatic rings. The minimum absolute atomic E-state index is 0.0941. The lowest BCUT2D eigenvalue weighted by atomic mass is 10.2. The molecule has 0 atom stereocenters. The predicted molar refractivity (Wildman–Crippen MR) is 95.5 cm³/mol. The van der Waals surface area contributed by atoms with Gasteiger partial charge in [0.2, 0.25) is 11.7 Å². The fraction of sp³-hybridized carbons (Fsp3) is 0.167. The number of nitrogens with one attached hydrogen (secondary N) is 1. The Morgan fingerprint density at radius 1 is 1.19 bits per heavy atom. The smallest absolute Gasteiger partial charge is 0.251 e. The Hall–Kier alpha value is -3.06. The summed E-state index contributed by atoms with van der Waals surface area (Å²) in [6.07, 6.45) is 0. The summed E-state index contributed by atoms with van der Waals surface area (Å²) in [5.74, 6) is 1.56. The molecular weight excluding hydrogens is 358 g/mol. The molecule has 0 aliphatic heterocycles. The number of halogens is 1. The Bertz CT molecular complexity index is 926. The molecule has 134 valence electrons. The van der Waals surface area contributed by atoms with E-state index in [4.69, 9.17) is 25.6 Å². The molecule has 3 rings (SSSR count). The van der Waals surface area contributed by atoms with E-state index in [0.717, 1.165) is 0 Å². The second-order valence-corrected chi connectivity index (χ2v) is 5.71. The van der Waals surface area contributed by atoms with Crippen LogP contribution in [0, 0.1) is 0 Å². The number of benzene rings is 2. The summed E-state index contributed by atoms with van der Waals surface area (Å²) in [7, 11) is 3.12. The number of nitrogens with zero attached hydrogens (tertiary/aromatic N) is 2. The fourth-order valence-electron chi connectivity index (χ4n) is 2.31. The molecule has 0 radical (unpaired) electrons. The predicted octanol–water partition coefficient (Wildman–Crippen LogP) is 3.34. The molecule has 0 bridgehead atoms. The van der Waals surface area contributed by atoms with Crippen molar-refractivity contribution in [2.75, 3.05) is 14.2 Å². The molecular formula is C18H16ClN3O4. The van der Waals surface area contributed by atoms with Gasteiger partial charge in [0.1, 0.15) is 11.5 Å². The van der Waals surface area contributed by atoms with Crippen LogP contribution in [0.3, 0.4) is 0 Å². The number of hydrogen-bond donors (Lipinski definition) is 1. The van der Waals surface area contributed by atoms with Gasteiger partial charge in [0.05, 0.1) is 26.3 Å². The van der Waals surface area contributed by atoms with E-state index in [2.05, 4.69) is 15.5 Å². The minimum atomic E-state index is -0.283. The van der Waals surface area contributed by atoms with Crippen LogP contribution in [0.5, 0.6) is 11.5 Å². The van der Waals surface area contributed by atoms with Crippen molar-refractivity contribution >= 4 is 17.5 Å². The lowest BCUT2D eigenvalue weighted by Gasteiger charge is -2.07. The van der Waals surface area contributed by atoms with Crippen LogP contribution in [-0.4, -0.2) is 30.3 Å². The molecule has 1 amide bonds. The van der Waals surface area contributed by atoms with Gasteiger partial charge in [-0.05, 0) is 30.3 Å². The van der Waals surface area contributed by atoms with Gasteiger partial charge in [0, 0.05) is 16.7 Å². The first-order chi connectivity index (χ1) is 12.6. The van der Waals surface area contributed by atoms with Gasteiger partial charge in [-0.15, -0.1) is 0 Å². The molecule has 0 aliphatic rings. The van der Waals surface area contributed by atoms with Gasteiger partial charge >= 0.3 is 0 Å². The van der Waals surface area contributed by atoms with Crippen molar-refractivity contribution in [3.8, 4) is 22.9 Å². The molecule has 7 nitrogen and oxygen atoms in total. The van der Waals surface area contributed by atoms with Crippen LogP contribution in [-0.2, 0) is 6.54 Å².